The Labute approximate surface area is 147 Å². The quantitative estimate of drug-likeness (QED) is 0.849. The molecule has 126 valence electrons. The van der Waals surface area contributed by atoms with Crippen LogP contribution in [0, 0.1) is 0 Å². The van der Waals surface area contributed by atoms with E-state index in [1.54, 1.807) is 11.8 Å². The second-order valence-electron chi connectivity index (χ2n) is 6.34. The zero-order valence-electron chi connectivity index (χ0n) is 13.7. The average Bonchev–Trinajstić information content (AvgIpc) is 3.08. The number of rotatable bonds is 6. The van der Waals surface area contributed by atoms with Gasteiger partial charge < -0.3 is 10.4 Å². The summed E-state index contributed by atoms with van der Waals surface area (Å²) in [4.78, 5) is 12.4. The topological polar surface area (TPSA) is 49.3 Å². The fourth-order valence-electron chi connectivity index (χ4n) is 3.05. The van der Waals surface area contributed by atoms with Crippen LogP contribution in [0.4, 0.5) is 0 Å². The minimum atomic E-state index is -1.20. The van der Waals surface area contributed by atoms with Crippen molar-refractivity contribution in [1.82, 2.24) is 5.32 Å². The van der Waals surface area contributed by atoms with Crippen LogP contribution in [0.1, 0.15) is 23.5 Å². The first-order chi connectivity index (χ1) is 11.7. The van der Waals surface area contributed by atoms with Gasteiger partial charge >= 0.3 is 0 Å². The fourth-order valence-corrected chi connectivity index (χ4v) is 4.28. The Morgan fingerprint density at radius 3 is 2.42 bits per heavy atom. The summed E-state index contributed by atoms with van der Waals surface area (Å²) in [6.07, 6.45) is 1.40. The van der Waals surface area contributed by atoms with Crippen molar-refractivity contribution >= 4 is 17.7 Å². The first kappa shape index (κ1) is 17.1. The molecule has 3 nitrogen and oxygen atoms in total. The third-order valence-corrected chi connectivity index (χ3v) is 5.70. The van der Waals surface area contributed by atoms with Gasteiger partial charge in [0.25, 0.3) is 5.91 Å². The monoisotopic (exact) mass is 341 g/mol. The van der Waals surface area contributed by atoms with E-state index < -0.39 is 5.60 Å². The minimum absolute atomic E-state index is 0.190. The number of thioether (sulfide) groups is 1. The molecule has 1 fully saturated rings. The highest BCUT2D eigenvalue weighted by Crippen LogP contribution is 2.28. The molecular weight excluding hydrogens is 318 g/mol. The summed E-state index contributed by atoms with van der Waals surface area (Å²) in [5, 5.41) is 13.4. The first-order valence-corrected chi connectivity index (χ1v) is 9.50. The minimum Gasteiger partial charge on any atom is -0.379 e. The van der Waals surface area contributed by atoms with Crippen molar-refractivity contribution < 1.29 is 9.90 Å². The van der Waals surface area contributed by atoms with Crippen molar-refractivity contribution in [1.29, 1.82) is 0 Å². The van der Waals surface area contributed by atoms with Gasteiger partial charge in [0.2, 0.25) is 0 Å². The van der Waals surface area contributed by atoms with Crippen LogP contribution in [0.25, 0.3) is 0 Å². The van der Waals surface area contributed by atoms with E-state index in [9.17, 15) is 9.90 Å². The smallest absolute Gasteiger partial charge is 0.252 e. The lowest BCUT2D eigenvalue weighted by Gasteiger charge is -2.23. The van der Waals surface area contributed by atoms with E-state index in [2.05, 4.69) is 29.6 Å². The van der Waals surface area contributed by atoms with E-state index in [1.165, 1.54) is 11.1 Å². The molecule has 2 N–H and O–H groups in total. The summed E-state index contributed by atoms with van der Waals surface area (Å²) >= 11 is 1.63. The summed E-state index contributed by atoms with van der Waals surface area (Å²) in [6.45, 7) is 0.532. The van der Waals surface area contributed by atoms with Crippen molar-refractivity contribution in [2.45, 2.75) is 24.4 Å². The predicted octanol–water partition coefficient (Wildman–Crippen LogP) is 3.00. The molecule has 1 heterocycles. The van der Waals surface area contributed by atoms with Crippen molar-refractivity contribution in [3.8, 4) is 0 Å². The Bertz CT molecular complexity index is 654. The number of hydrogen-bond donors (Lipinski definition) is 2. The Kier molecular flexibility index (Phi) is 5.59. The number of aliphatic hydroxyl groups is 1. The number of carbonyl (C=O) groups excluding carboxylic acids is 1. The van der Waals surface area contributed by atoms with Crippen molar-refractivity contribution in [2.24, 2.45) is 0 Å². The van der Waals surface area contributed by atoms with E-state index in [0.29, 0.717) is 18.7 Å². The van der Waals surface area contributed by atoms with Crippen LogP contribution < -0.4 is 5.32 Å². The third-order valence-electron chi connectivity index (χ3n) is 4.53. The van der Waals surface area contributed by atoms with E-state index in [-0.39, 0.29) is 11.8 Å². The highest BCUT2D eigenvalue weighted by molar-refractivity contribution is 7.99. The summed E-state index contributed by atoms with van der Waals surface area (Å²) in [5.74, 6) is 1.29. The van der Waals surface area contributed by atoms with E-state index >= 15 is 0 Å². The van der Waals surface area contributed by atoms with Gasteiger partial charge in [-0.05, 0) is 29.7 Å². The molecule has 1 amide bonds. The van der Waals surface area contributed by atoms with E-state index in [4.69, 9.17) is 0 Å². The van der Waals surface area contributed by atoms with Gasteiger partial charge in [0, 0.05) is 18.2 Å². The molecule has 1 aliphatic rings. The SMILES string of the molecule is O=C(NCC(Cc1ccccc1)c1ccccc1)C1(O)CCSC1. The van der Waals surface area contributed by atoms with Gasteiger partial charge in [-0.2, -0.15) is 11.8 Å². The molecule has 24 heavy (non-hydrogen) atoms. The number of amides is 1. The maximum Gasteiger partial charge on any atom is 0.252 e. The first-order valence-electron chi connectivity index (χ1n) is 8.35. The van der Waals surface area contributed by atoms with Crippen LogP contribution in [-0.4, -0.2) is 34.7 Å². The van der Waals surface area contributed by atoms with Gasteiger partial charge in [0.1, 0.15) is 0 Å². The maximum atomic E-state index is 12.4. The molecule has 2 aromatic carbocycles. The van der Waals surface area contributed by atoms with Crippen LogP contribution in [0.15, 0.2) is 60.7 Å². The maximum absolute atomic E-state index is 12.4. The molecule has 0 spiro atoms. The Balaban J connectivity index is 1.69. The molecule has 2 atom stereocenters. The molecule has 3 rings (SSSR count). The number of carbonyl (C=O) groups is 1. The molecule has 2 aromatic rings. The second-order valence-corrected chi connectivity index (χ2v) is 7.45. The van der Waals surface area contributed by atoms with Crippen LogP contribution in [0.5, 0.6) is 0 Å². The van der Waals surface area contributed by atoms with Crippen molar-refractivity contribution in [3.63, 3.8) is 0 Å². The summed E-state index contributed by atoms with van der Waals surface area (Å²) in [6, 6.07) is 20.5. The fraction of sp³-hybridized carbons (Fsp3) is 0.350. The Hall–Kier alpha value is -1.78. The summed E-state index contributed by atoms with van der Waals surface area (Å²) < 4.78 is 0. The normalized spacial score (nSPS) is 21.4. The molecule has 0 radical (unpaired) electrons. The third kappa shape index (κ3) is 4.19. The lowest BCUT2D eigenvalue weighted by molar-refractivity contribution is -0.137. The van der Waals surface area contributed by atoms with Crippen molar-refractivity contribution in [3.05, 3.63) is 71.8 Å². The predicted molar refractivity (Wildman–Crippen MR) is 99.2 cm³/mol. The molecule has 2 unspecified atom stereocenters. The average molecular weight is 341 g/mol. The summed E-state index contributed by atoms with van der Waals surface area (Å²) in [5.41, 5.74) is 1.25. The standard InChI is InChI=1S/C20H23NO2S/c22-19(20(23)11-12-24-15-20)21-14-18(17-9-5-2-6-10-17)13-16-7-3-1-4-8-16/h1-10,18,23H,11-15H2,(H,21,22). The van der Waals surface area contributed by atoms with E-state index in [1.807, 2.05) is 36.4 Å². The molecule has 0 aliphatic carbocycles. The Morgan fingerprint density at radius 1 is 1.12 bits per heavy atom. The van der Waals surface area contributed by atoms with Gasteiger partial charge in [0.15, 0.2) is 5.60 Å². The molecule has 4 heteroatoms. The largest absolute Gasteiger partial charge is 0.379 e. The van der Waals surface area contributed by atoms with Crippen molar-refractivity contribution in [2.75, 3.05) is 18.1 Å². The van der Waals surface area contributed by atoms with E-state index in [0.717, 1.165) is 12.2 Å². The molecule has 0 aromatic heterocycles. The van der Waals surface area contributed by atoms with Crippen LogP contribution >= 0.6 is 11.8 Å². The highest BCUT2D eigenvalue weighted by atomic mass is 32.2. The summed E-state index contributed by atoms with van der Waals surface area (Å²) in [7, 11) is 0. The molecule has 0 bridgehead atoms. The van der Waals surface area contributed by atoms with Gasteiger partial charge in [-0.25, -0.2) is 0 Å². The van der Waals surface area contributed by atoms with Crippen LogP contribution in [-0.2, 0) is 11.2 Å². The van der Waals surface area contributed by atoms with Crippen LogP contribution in [0.3, 0.4) is 0 Å². The highest BCUT2D eigenvalue weighted by Gasteiger charge is 2.39. The second kappa shape index (κ2) is 7.86. The molecular formula is C20H23NO2S. The van der Waals surface area contributed by atoms with Gasteiger partial charge in [-0.15, -0.1) is 0 Å². The zero-order valence-corrected chi connectivity index (χ0v) is 14.5. The van der Waals surface area contributed by atoms with Crippen LogP contribution in [0.2, 0.25) is 0 Å². The molecule has 1 saturated heterocycles. The number of benzene rings is 2. The number of hydrogen-bond acceptors (Lipinski definition) is 3. The Morgan fingerprint density at radius 2 is 1.79 bits per heavy atom. The lowest BCUT2D eigenvalue weighted by Crippen LogP contribution is -2.48. The zero-order chi connectivity index (χ0) is 16.8. The lowest BCUT2D eigenvalue weighted by atomic mass is 9.91. The van der Waals surface area contributed by atoms with Gasteiger partial charge in [-0.3, -0.25) is 4.79 Å². The molecule has 0 saturated carbocycles. The van der Waals surface area contributed by atoms with Gasteiger partial charge in [0.05, 0.1) is 0 Å². The van der Waals surface area contributed by atoms with Gasteiger partial charge in [-0.1, -0.05) is 60.7 Å². The molecule has 1 aliphatic heterocycles. The number of nitrogens with one attached hydrogen (secondary N) is 1.